The minimum Gasteiger partial charge on any atom is -0.392 e. The molecule has 0 radical (unpaired) electrons. The van der Waals surface area contributed by atoms with Crippen molar-refractivity contribution in [2.45, 2.75) is 25.6 Å². The number of aliphatic hydroxyl groups is 1. The van der Waals surface area contributed by atoms with Gasteiger partial charge in [0.25, 0.3) is 0 Å². The van der Waals surface area contributed by atoms with Gasteiger partial charge in [-0.3, -0.25) is 4.90 Å². The largest absolute Gasteiger partial charge is 0.392 e. The van der Waals surface area contributed by atoms with Crippen LogP contribution in [0.15, 0.2) is 30.3 Å². The van der Waals surface area contributed by atoms with Gasteiger partial charge in [0.05, 0.1) is 6.10 Å². The van der Waals surface area contributed by atoms with E-state index in [4.69, 9.17) is 0 Å². The Balaban J connectivity index is 1.88. The predicted octanol–water partition coefficient (Wildman–Crippen LogP) is 1.25. The molecule has 2 nitrogen and oxygen atoms in total. The third-order valence-corrected chi connectivity index (χ3v) is 2.54. The maximum absolute atomic E-state index is 9.30. The van der Waals surface area contributed by atoms with E-state index in [0.717, 1.165) is 13.1 Å². The minimum atomic E-state index is -0.191. The maximum atomic E-state index is 9.30. The van der Waals surface area contributed by atoms with Crippen molar-refractivity contribution >= 4 is 0 Å². The summed E-state index contributed by atoms with van der Waals surface area (Å²) in [4.78, 5) is 2.28. The zero-order valence-corrected chi connectivity index (χ0v) is 7.85. The van der Waals surface area contributed by atoms with Crippen molar-refractivity contribution in [3.05, 3.63) is 35.9 Å². The lowest BCUT2D eigenvalue weighted by molar-refractivity contribution is 0.173. The second kappa shape index (κ2) is 3.48. The summed E-state index contributed by atoms with van der Waals surface area (Å²) in [6, 6.07) is 10.8. The van der Waals surface area contributed by atoms with E-state index in [2.05, 4.69) is 29.2 Å². The molecule has 0 aromatic heterocycles. The van der Waals surface area contributed by atoms with Gasteiger partial charge in [0, 0.05) is 19.1 Å². The van der Waals surface area contributed by atoms with Crippen LogP contribution in [-0.4, -0.2) is 28.7 Å². The van der Waals surface area contributed by atoms with Crippen molar-refractivity contribution in [2.24, 2.45) is 0 Å². The number of rotatable bonds is 3. The quantitative estimate of drug-likeness (QED) is 0.702. The average molecular weight is 177 g/mol. The topological polar surface area (TPSA) is 23.2 Å². The van der Waals surface area contributed by atoms with Gasteiger partial charge in [-0.05, 0) is 12.5 Å². The summed E-state index contributed by atoms with van der Waals surface area (Å²) in [7, 11) is 0. The Morgan fingerprint density at radius 3 is 2.69 bits per heavy atom. The normalized spacial score (nSPS) is 28.5. The van der Waals surface area contributed by atoms with Crippen molar-refractivity contribution in [2.75, 3.05) is 6.54 Å². The first kappa shape index (κ1) is 8.73. The molecule has 0 saturated carbocycles. The van der Waals surface area contributed by atoms with Crippen LogP contribution in [0, 0.1) is 0 Å². The van der Waals surface area contributed by atoms with E-state index in [9.17, 15) is 5.11 Å². The summed E-state index contributed by atoms with van der Waals surface area (Å²) >= 11 is 0. The molecule has 0 aliphatic carbocycles. The van der Waals surface area contributed by atoms with Crippen LogP contribution in [0.4, 0.5) is 0 Å². The Bertz CT molecular complexity index is 271. The SMILES string of the molecule is C[C@@H](O)[C@H]1CN1Cc1ccccc1. The number of benzene rings is 1. The molecule has 1 unspecified atom stereocenters. The minimum absolute atomic E-state index is 0.191. The second-order valence-corrected chi connectivity index (χ2v) is 3.72. The highest BCUT2D eigenvalue weighted by molar-refractivity contribution is 5.16. The third-order valence-electron chi connectivity index (χ3n) is 2.54. The van der Waals surface area contributed by atoms with Crippen molar-refractivity contribution < 1.29 is 5.11 Å². The summed E-state index contributed by atoms with van der Waals surface area (Å²) in [5.41, 5.74) is 1.32. The van der Waals surface area contributed by atoms with E-state index in [-0.39, 0.29) is 6.10 Å². The van der Waals surface area contributed by atoms with Crippen LogP contribution in [0.2, 0.25) is 0 Å². The van der Waals surface area contributed by atoms with Crippen molar-refractivity contribution in [3.8, 4) is 0 Å². The van der Waals surface area contributed by atoms with Gasteiger partial charge in [-0.2, -0.15) is 0 Å². The first-order valence-electron chi connectivity index (χ1n) is 4.73. The van der Waals surface area contributed by atoms with Gasteiger partial charge in [-0.1, -0.05) is 30.3 Å². The van der Waals surface area contributed by atoms with Crippen LogP contribution in [0.3, 0.4) is 0 Å². The number of nitrogens with zero attached hydrogens (tertiary/aromatic N) is 1. The first-order valence-corrected chi connectivity index (χ1v) is 4.73. The van der Waals surface area contributed by atoms with Gasteiger partial charge in [-0.15, -0.1) is 0 Å². The number of hydrogen-bond donors (Lipinski definition) is 1. The van der Waals surface area contributed by atoms with Crippen molar-refractivity contribution in [1.82, 2.24) is 4.90 Å². The van der Waals surface area contributed by atoms with E-state index in [1.54, 1.807) is 0 Å². The lowest BCUT2D eigenvalue weighted by atomic mass is 10.2. The van der Waals surface area contributed by atoms with Crippen molar-refractivity contribution in [3.63, 3.8) is 0 Å². The zero-order valence-electron chi connectivity index (χ0n) is 7.85. The summed E-state index contributed by atoms with van der Waals surface area (Å²) in [5, 5.41) is 9.30. The van der Waals surface area contributed by atoms with Crippen LogP contribution in [-0.2, 0) is 6.54 Å². The fourth-order valence-corrected chi connectivity index (χ4v) is 1.65. The molecular formula is C11H15NO. The number of hydrogen-bond acceptors (Lipinski definition) is 2. The molecule has 1 fully saturated rings. The molecule has 0 amide bonds. The average Bonchev–Trinajstić information content (AvgIpc) is 2.86. The van der Waals surface area contributed by atoms with E-state index >= 15 is 0 Å². The van der Waals surface area contributed by atoms with Crippen molar-refractivity contribution in [1.29, 1.82) is 0 Å². The van der Waals surface area contributed by atoms with Gasteiger partial charge < -0.3 is 5.11 Å². The molecule has 2 rings (SSSR count). The molecule has 2 heteroatoms. The van der Waals surface area contributed by atoms with Gasteiger partial charge in [-0.25, -0.2) is 0 Å². The van der Waals surface area contributed by atoms with Gasteiger partial charge >= 0.3 is 0 Å². The highest BCUT2D eigenvalue weighted by atomic mass is 16.3. The van der Waals surface area contributed by atoms with E-state index in [1.807, 2.05) is 13.0 Å². The lowest BCUT2D eigenvalue weighted by Gasteiger charge is -2.05. The predicted molar refractivity (Wildman–Crippen MR) is 52.3 cm³/mol. The molecule has 1 saturated heterocycles. The second-order valence-electron chi connectivity index (χ2n) is 3.72. The first-order chi connectivity index (χ1) is 6.27. The van der Waals surface area contributed by atoms with Crippen LogP contribution in [0.1, 0.15) is 12.5 Å². The monoisotopic (exact) mass is 177 g/mol. The molecule has 1 aromatic carbocycles. The fraction of sp³-hybridized carbons (Fsp3) is 0.455. The van der Waals surface area contributed by atoms with E-state index in [0.29, 0.717) is 6.04 Å². The fourth-order valence-electron chi connectivity index (χ4n) is 1.65. The highest BCUT2D eigenvalue weighted by Gasteiger charge is 2.37. The molecule has 0 spiro atoms. The summed E-state index contributed by atoms with van der Waals surface area (Å²) in [6.07, 6.45) is -0.191. The smallest absolute Gasteiger partial charge is 0.0679 e. The molecule has 1 aromatic rings. The Morgan fingerprint density at radius 2 is 2.15 bits per heavy atom. The molecular weight excluding hydrogens is 162 g/mol. The van der Waals surface area contributed by atoms with E-state index in [1.165, 1.54) is 5.56 Å². The Morgan fingerprint density at radius 1 is 1.46 bits per heavy atom. The summed E-state index contributed by atoms with van der Waals surface area (Å²) in [5.74, 6) is 0. The summed E-state index contributed by atoms with van der Waals surface area (Å²) in [6.45, 7) is 3.86. The molecule has 1 heterocycles. The molecule has 1 aliphatic rings. The Kier molecular flexibility index (Phi) is 2.34. The molecule has 1 aliphatic heterocycles. The zero-order chi connectivity index (χ0) is 9.26. The van der Waals surface area contributed by atoms with Crippen LogP contribution >= 0.6 is 0 Å². The molecule has 13 heavy (non-hydrogen) atoms. The Labute approximate surface area is 78.8 Å². The van der Waals surface area contributed by atoms with Crippen LogP contribution in [0.5, 0.6) is 0 Å². The van der Waals surface area contributed by atoms with Gasteiger partial charge in [0.2, 0.25) is 0 Å². The highest BCUT2D eigenvalue weighted by Crippen LogP contribution is 2.23. The lowest BCUT2D eigenvalue weighted by Crippen LogP contribution is -2.14. The third kappa shape index (κ3) is 2.08. The molecule has 3 atom stereocenters. The summed E-state index contributed by atoms with van der Waals surface area (Å²) < 4.78 is 0. The van der Waals surface area contributed by atoms with Crippen LogP contribution in [0.25, 0.3) is 0 Å². The molecule has 0 bridgehead atoms. The number of aliphatic hydroxyl groups excluding tert-OH is 1. The molecule has 70 valence electrons. The Hall–Kier alpha value is -0.860. The van der Waals surface area contributed by atoms with Crippen LogP contribution < -0.4 is 0 Å². The van der Waals surface area contributed by atoms with Gasteiger partial charge in [0.1, 0.15) is 0 Å². The maximum Gasteiger partial charge on any atom is 0.0679 e. The molecule has 1 N–H and O–H groups in total. The standard InChI is InChI=1S/C11H15NO/c1-9(13)11-8-12(11)7-10-5-3-2-4-6-10/h2-6,9,11,13H,7-8H2,1H3/t9-,11-,12?/m1/s1. The van der Waals surface area contributed by atoms with Gasteiger partial charge in [0.15, 0.2) is 0 Å². The van der Waals surface area contributed by atoms with E-state index < -0.39 is 0 Å².